The maximum absolute atomic E-state index is 9.96. The Morgan fingerprint density at radius 2 is 0.480 bits per heavy atom. The topological polar surface area (TPSA) is 162 Å². The van der Waals surface area contributed by atoms with Gasteiger partial charge in [-0.1, -0.05) is 397 Å². The zero-order chi connectivity index (χ0) is 106. The van der Waals surface area contributed by atoms with Crippen molar-refractivity contribution in [3.63, 3.8) is 0 Å². The zero-order valence-electron chi connectivity index (χ0n) is 86.5. The second-order valence-corrected chi connectivity index (χ2v) is 42.7. The third kappa shape index (κ3) is 27.8. The number of aromatic nitrogens is 8. The summed E-state index contributed by atoms with van der Waals surface area (Å²) in [5, 5.41) is 0.264. The Morgan fingerprint density at radius 1 is 0.253 bits per heavy atom. The summed E-state index contributed by atoms with van der Waals surface area (Å²) in [5.41, 5.74) is 24.9. The standard InChI is InChI=1S/C25H19N.C22H23BN2O2.2C22H15BrN2.C16H11ClN2.C12H24B2O4.C6H4Br2.CH3F/c1-3-10-21(11-4-1)26(22-12-5-2-6-13-22)23-16-15-20-17-19-9-7-8-14-24(19)25(20)18-23;1-21(2)22(3,4)27-23(26-21)20-24-18(16-11-7-5-8-12-16)15-19(25-20)17-13-9-6-10-14-17;2*23-19-13-11-18(12-14-19)22-24-20(16-7-3-1-4-8-16)15-21(25-22)17-9-5-2-6-10-17;17-16-18-14(12-7-3-1-4-8-12)11-15(19-16)13-9-5-2-6-10-13;1-9(2)10(3,4)16-13(15-9)14-17-11(5,6)12(7,8)18-14;7-5-1-2-6(8)4-3-5;1-2/h1-16,18H,17H2;5-15H,1-4H3;2*1-15H;1-11H;1-8H3;1-4H;1H3/i;;;;;;;1D. The van der Waals surface area contributed by atoms with Gasteiger partial charge in [-0.15, -0.1) is 0 Å². The quantitative estimate of drug-likeness (QED) is 0.0703. The van der Waals surface area contributed by atoms with Gasteiger partial charge >= 0.3 is 21.1 Å². The third-order valence-electron chi connectivity index (χ3n) is 26.8. The van der Waals surface area contributed by atoms with Gasteiger partial charge in [-0.2, -0.15) is 0 Å². The van der Waals surface area contributed by atoms with Crippen LogP contribution < -0.4 is 10.6 Å². The number of para-hydroxylation sites is 2. The lowest BCUT2D eigenvalue weighted by Crippen LogP contribution is -2.41. The Kier molecular flexibility index (Phi) is 35.9. The van der Waals surface area contributed by atoms with Crippen LogP contribution >= 0.6 is 75.3 Å². The van der Waals surface area contributed by atoms with E-state index in [1.165, 1.54) is 39.3 Å². The molecule has 19 aromatic rings. The summed E-state index contributed by atoms with van der Waals surface area (Å²) in [5.74, 6) is 1.46. The van der Waals surface area contributed by atoms with Gasteiger partial charge in [-0.25, -0.2) is 39.9 Å². The number of anilines is 3. The van der Waals surface area contributed by atoms with E-state index in [0.717, 1.165) is 137 Å². The van der Waals surface area contributed by atoms with Crippen molar-refractivity contribution in [3.8, 4) is 124 Å². The molecule has 3 saturated heterocycles. The molecule has 0 amide bonds. The maximum atomic E-state index is 9.96. The van der Waals surface area contributed by atoms with Gasteiger partial charge in [-0.05, 0) is 233 Å². The summed E-state index contributed by atoms with van der Waals surface area (Å²) in [4.78, 5) is 39.7. The van der Waals surface area contributed by atoms with Crippen LogP contribution in [-0.4, -0.2) is 102 Å². The molecule has 4 aliphatic rings. The first-order valence-electron chi connectivity index (χ1n) is 50.1. The molecule has 7 heterocycles. The molecule has 23 rings (SSSR count). The zero-order valence-corrected chi connectivity index (χ0v) is 92.6. The molecule has 15 nitrogen and oxygen atoms in total. The van der Waals surface area contributed by atoms with Crippen LogP contribution in [0.5, 0.6) is 0 Å². The molecule has 0 radical (unpaired) electrons. The summed E-state index contributed by atoms with van der Waals surface area (Å²) in [6.45, 7) is 24.3. The van der Waals surface area contributed by atoms with Gasteiger partial charge in [0, 0.05) is 90.6 Å². The lowest BCUT2D eigenvalue weighted by molar-refractivity contribution is 0.00578. The van der Waals surface area contributed by atoms with E-state index in [4.69, 9.17) is 70.8 Å². The van der Waals surface area contributed by atoms with Crippen LogP contribution in [0.25, 0.3) is 124 Å². The maximum Gasteiger partial charge on any atom is 0.534 e. The van der Waals surface area contributed by atoms with Gasteiger partial charge in [-0.3, -0.25) is 4.39 Å². The van der Waals surface area contributed by atoms with E-state index in [0.29, 0.717) is 5.72 Å². The van der Waals surface area contributed by atoms with Crippen molar-refractivity contribution >= 4 is 119 Å². The Balaban J connectivity index is 0.000000127. The Bertz CT molecular complexity index is 7120. The minimum Gasteiger partial charge on any atom is -0.405 e. The van der Waals surface area contributed by atoms with Crippen molar-refractivity contribution in [1.82, 2.24) is 39.9 Å². The molecule has 1 aliphatic carbocycles. The second kappa shape index (κ2) is 50.0. The van der Waals surface area contributed by atoms with Gasteiger partial charge in [0.25, 0.3) is 0 Å². The molecule has 750 valence electrons. The molecule has 15 aromatic carbocycles. The van der Waals surface area contributed by atoms with Crippen LogP contribution in [0.2, 0.25) is 5.28 Å². The molecule has 3 fully saturated rings. The Morgan fingerprint density at radius 3 is 0.760 bits per heavy atom. The number of rotatable bonds is 15. The number of hydrogen-bond acceptors (Lipinski definition) is 15. The van der Waals surface area contributed by atoms with E-state index in [-0.39, 0.29) is 27.7 Å². The van der Waals surface area contributed by atoms with Crippen LogP contribution in [0.15, 0.2) is 461 Å². The van der Waals surface area contributed by atoms with Crippen LogP contribution in [0.3, 0.4) is 0 Å². The molecule has 0 saturated carbocycles. The largest absolute Gasteiger partial charge is 0.534 e. The van der Waals surface area contributed by atoms with Gasteiger partial charge in [0.05, 0.1) is 87.7 Å². The molecular weight excluding hydrogens is 2140 g/mol. The van der Waals surface area contributed by atoms with Crippen molar-refractivity contribution in [1.29, 1.82) is 0 Å². The SMILES string of the molecule is Brc1ccc(-c2nc(-c3ccccc3)cc(-c3ccccc3)n2)cc1.Brc1ccc(-c2nc(-c3ccccc3)cc(-c3ccccc3)n2)cc1.Brc1ccc(Br)cc1.CC1(C)OB(B2OC(C)(C)C(C)(C)O2)OC1(C)C.CC1(C)OB(c2nc(-c3ccccc3)cc(-c3ccccc3)n2)OC1(C)C.Clc1nc(-c2ccccc2)cc(-c2ccccc2)n1.[2H]CF.c1ccc(N(c2ccccc2)c2ccc3c(c2)-c2ccccc2C3)cc1. The summed E-state index contributed by atoms with van der Waals surface area (Å²) < 4.78 is 56.0. The first-order chi connectivity index (χ1) is 72.7. The van der Waals surface area contributed by atoms with Gasteiger partial charge in [0.1, 0.15) is 0 Å². The predicted octanol–water partition coefficient (Wildman–Crippen LogP) is 33.8. The van der Waals surface area contributed by atoms with Gasteiger partial charge < -0.3 is 32.8 Å². The summed E-state index contributed by atoms with van der Waals surface area (Å²) in [7, 11) is -2.55. The van der Waals surface area contributed by atoms with Crippen molar-refractivity contribution in [3.05, 3.63) is 477 Å². The number of benzene rings is 15. The van der Waals surface area contributed by atoms with Crippen LogP contribution in [0, 0.1) is 0 Å². The first kappa shape index (κ1) is 108. The fourth-order valence-corrected chi connectivity index (χ4v) is 17.9. The summed E-state index contributed by atoms with van der Waals surface area (Å²) in [6, 6.07) is 150. The van der Waals surface area contributed by atoms with E-state index < -0.39 is 39.5 Å². The van der Waals surface area contributed by atoms with E-state index >= 15 is 0 Å². The second-order valence-electron chi connectivity index (χ2n) is 38.7. The predicted molar refractivity (Wildman–Crippen MR) is 629 cm³/mol. The summed E-state index contributed by atoms with van der Waals surface area (Å²) in [6.07, 6.45) is 1.03. The first-order valence-corrected chi connectivity index (χ1v) is 52.9. The minimum absolute atomic E-state index is 0.264. The van der Waals surface area contributed by atoms with Crippen LogP contribution in [0.1, 0.15) is 95.6 Å². The van der Waals surface area contributed by atoms with E-state index in [9.17, 15) is 4.39 Å². The highest BCUT2D eigenvalue weighted by atomic mass is 79.9. The number of halogens is 6. The molecule has 0 atom stereocenters. The molecule has 24 heteroatoms. The van der Waals surface area contributed by atoms with Crippen molar-refractivity contribution in [2.75, 3.05) is 12.1 Å². The average molecular weight is 2260 g/mol. The molecular formula is C126H114B3Br4ClFN9O6. The molecule has 4 aromatic heterocycles. The fraction of sp³-hybridized carbons (Fsp3) is 0.159. The van der Waals surface area contributed by atoms with E-state index in [1.807, 2.05) is 374 Å². The van der Waals surface area contributed by atoms with Crippen LogP contribution in [0.4, 0.5) is 21.5 Å². The average Bonchev–Trinajstić information content (AvgIpc) is 1.60. The highest BCUT2D eigenvalue weighted by Crippen LogP contribution is 2.46. The number of nitrogens with zero attached hydrogens (tertiary/aromatic N) is 9. The molecule has 0 bridgehead atoms. The Hall–Kier alpha value is -13.5. The van der Waals surface area contributed by atoms with Gasteiger partial charge in [0.15, 0.2) is 17.4 Å². The van der Waals surface area contributed by atoms with Crippen molar-refractivity contribution < 1.29 is 33.7 Å². The normalized spacial score (nSPS) is 14.5. The fourth-order valence-electron chi connectivity index (χ4n) is 16.6. The molecule has 0 N–H and O–H groups in total. The van der Waals surface area contributed by atoms with Crippen LogP contribution in [-0.2, 0) is 34.3 Å². The Labute approximate surface area is 921 Å². The van der Waals surface area contributed by atoms with E-state index in [2.05, 4.69) is 230 Å². The number of hydrogen-bond donors (Lipinski definition) is 0. The summed E-state index contributed by atoms with van der Waals surface area (Å²) >= 11 is 19.6. The van der Waals surface area contributed by atoms with Crippen molar-refractivity contribution in [2.45, 2.75) is 123 Å². The van der Waals surface area contributed by atoms with E-state index in [1.54, 1.807) is 0 Å². The molecule has 0 spiro atoms. The lowest BCUT2D eigenvalue weighted by atomic mass is 9.49. The molecule has 0 unspecified atom stereocenters. The highest BCUT2D eigenvalue weighted by Gasteiger charge is 2.64. The third-order valence-corrected chi connectivity index (χ3v) is 29.0. The number of alkyl halides is 1. The number of fused-ring (bicyclic) bond motifs is 3. The lowest BCUT2D eigenvalue weighted by Gasteiger charge is -2.32. The van der Waals surface area contributed by atoms with Gasteiger partial charge in [0.2, 0.25) is 5.28 Å². The molecule has 150 heavy (non-hydrogen) atoms. The minimum atomic E-state index is -1.00. The highest BCUT2D eigenvalue weighted by molar-refractivity contribution is 9.11. The van der Waals surface area contributed by atoms with Crippen molar-refractivity contribution in [2.24, 2.45) is 0 Å². The molecule has 3 aliphatic heterocycles. The smallest absolute Gasteiger partial charge is 0.405 e. The monoisotopic (exact) mass is 2250 g/mol.